The van der Waals surface area contributed by atoms with Crippen LogP contribution in [0.1, 0.15) is 161 Å². The lowest BCUT2D eigenvalue weighted by atomic mass is 9.47. The summed E-state index contributed by atoms with van der Waals surface area (Å²) in [6, 6.07) is 0. The molecule has 4 heteroatoms. The molecule has 6 rings (SSSR count). The van der Waals surface area contributed by atoms with Crippen molar-refractivity contribution in [2.75, 3.05) is 0 Å². The van der Waals surface area contributed by atoms with Gasteiger partial charge in [-0.3, -0.25) is 9.59 Å². The molecule has 0 aromatic carbocycles. The van der Waals surface area contributed by atoms with Crippen molar-refractivity contribution in [2.45, 2.75) is 173 Å². The molecule has 0 spiro atoms. The van der Waals surface area contributed by atoms with E-state index in [1.54, 1.807) is 6.92 Å². The fraction of sp³-hybridized carbons (Fsp3) is 0.574. The summed E-state index contributed by atoms with van der Waals surface area (Å²) < 4.78 is 0. The van der Waals surface area contributed by atoms with E-state index in [4.69, 9.17) is 0 Å². The molecule has 9 atom stereocenters. The molecule has 0 aliphatic heterocycles. The summed E-state index contributed by atoms with van der Waals surface area (Å²) in [5.74, 6) is 3.64. The van der Waals surface area contributed by atoms with Gasteiger partial charge in [-0.25, -0.2) is 0 Å². The molecule has 0 amide bonds. The molecule has 2 N–H and O–H groups in total. The van der Waals surface area contributed by atoms with Gasteiger partial charge in [-0.1, -0.05) is 172 Å². The average molecular weight is 883 g/mol. The predicted octanol–water partition coefficient (Wildman–Crippen LogP) is 15.1. The van der Waals surface area contributed by atoms with E-state index < -0.39 is 0 Å². The SMILES string of the molecule is CC(=O)C1CCC2C3CCC4=CC(=O)CCC4(C)C3CCC12C.CC(C=CC=C(C)C=CC1=C(C)CC(O)CC1(C)C)=CC=CC=C(C)C=CC=C(C)C=CC1C(C)=CC(O)CC1(C)C. The van der Waals surface area contributed by atoms with Crippen LogP contribution < -0.4 is 0 Å². The fourth-order valence-electron chi connectivity index (χ4n) is 13.4. The minimum Gasteiger partial charge on any atom is -0.393 e. The minimum absolute atomic E-state index is 0.00528. The number of allylic oxidation sites excluding steroid dienone is 21. The van der Waals surface area contributed by atoms with E-state index in [0.717, 1.165) is 62.7 Å². The van der Waals surface area contributed by atoms with Crippen molar-refractivity contribution in [3.8, 4) is 0 Å². The molecular weight excluding hydrogens is 797 g/mol. The number of hydrogen-bond donors (Lipinski definition) is 2. The Morgan fingerprint density at radius 2 is 1.29 bits per heavy atom. The molecule has 9 unspecified atom stereocenters. The molecule has 6 aliphatic rings. The molecule has 0 heterocycles. The first-order valence-electron chi connectivity index (χ1n) is 25.0. The molecule has 0 saturated heterocycles. The normalized spacial score (nSPS) is 34.5. The van der Waals surface area contributed by atoms with Gasteiger partial charge in [0.2, 0.25) is 0 Å². The van der Waals surface area contributed by atoms with Gasteiger partial charge in [0, 0.05) is 18.3 Å². The van der Waals surface area contributed by atoms with E-state index in [-0.39, 0.29) is 33.9 Å². The Bertz CT molecular complexity index is 2150. The number of rotatable bonds is 11. The maximum Gasteiger partial charge on any atom is 0.155 e. The van der Waals surface area contributed by atoms with Crippen LogP contribution in [0.5, 0.6) is 0 Å². The van der Waals surface area contributed by atoms with Crippen LogP contribution >= 0.6 is 0 Å². The second-order valence-corrected chi connectivity index (χ2v) is 23.0. The van der Waals surface area contributed by atoms with Crippen LogP contribution in [0.4, 0.5) is 0 Å². The lowest BCUT2D eigenvalue weighted by molar-refractivity contribution is -0.128. The molecule has 0 aromatic heterocycles. The lowest BCUT2D eigenvalue weighted by Gasteiger charge is -2.58. The second kappa shape index (κ2) is 21.8. The number of fused-ring (bicyclic) bond motifs is 5. The summed E-state index contributed by atoms with van der Waals surface area (Å²) in [4.78, 5) is 24.0. The quantitative estimate of drug-likeness (QED) is 0.160. The van der Waals surface area contributed by atoms with E-state index in [1.807, 2.05) is 12.2 Å². The number of aliphatic hydroxyl groups is 2. The highest BCUT2D eigenvalue weighted by Crippen LogP contribution is 2.66. The summed E-state index contributed by atoms with van der Waals surface area (Å²) in [5, 5.41) is 20.2. The van der Waals surface area contributed by atoms with Gasteiger partial charge in [-0.05, 0) is 164 Å². The highest BCUT2D eigenvalue weighted by Gasteiger charge is 2.59. The van der Waals surface area contributed by atoms with Crippen LogP contribution in [0, 0.1) is 51.2 Å². The number of carbonyl (C=O) groups is 2. The molecule has 0 radical (unpaired) electrons. The maximum absolute atomic E-state index is 12.1. The molecule has 354 valence electrons. The Kier molecular flexibility index (Phi) is 17.5. The third kappa shape index (κ3) is 13.0. The highest BCUT2D eigenvalue weighted by atomic mass is 16.3. The van der Waals surface area contributed by atoms with Crippen LogP contribution in [0.15, 0.2) is 142 Å². The summed E-state index contributed by atoms with van der Waals surface area (Å²) >= 11 is 0. The maximum atomic E-state index is 12.1. The van der Waals surface area contributed by atoms with E-state index in [1.165, 1.54) is 70.3 Å². The zero-order valence-corrected chi connectivity index (χ0v) is 42.8. The van der Waals surface area contributed by atoms with Gasteiger partial charge < -0.3 is 10.2 Å². The predicted molar refractivity (Wildman–Crippen MR) is 275 cm³/mol. The molecule has 3 saturated carbocycles. The summed E-state index contributed by atoms with van der Waals surface area (Å²) in [6.07, 6.45) is 44.7. The van der Waals surface area contributed by atoms with Crippen molar-refractivity contribution in [2.24, 2.45) is 51.2 Å². The summed E-state index contributed by atoms with van der Waals surface area (Å²) in [5.41, 5.74) is 10.7. The molecule has 0 bridgehead atoms. The lowest BCUT2D eigenvalue weighted by Crippen LogP contribution is -2.51. The van der Waals surface area contributed by atoms with Crippen molar-refractivity contribution in [3.63, 3.8) is 0 Å². The van der Waals surface area contributed by atoms with Gasteiger partial charge in [0.1, 0.15) is 5.78 Å². The van der Waals surface area contributed by atoms with Crippen LogP contribution in [-0.4, -0.2) is 34.0 Å². The highest BCUT2D eigenvalue weighted by molar-refractivity contribution is 5.91. The minimum atomic E-state index is -0.331. The first-order chi connectivity index (χ1) is 30.5. The summed E-state index contributed by atoms with van der Waals surface area (Å²) in [7, 11) is 0. The van der Waals surface area contributed by atoms with Gasteiger partial charge in [0.05, 0.1) is 12.2 Å². The number of ketones is 2. The smallest absolute Gasteiger partial charge is 0.155 e. The Balaban J connectivity index is 0.000000286. The molecule has 6 aliphatic carbocycles. The molecule has 4 nitrogen and oxygen atoms in total. The van der Waals surface area contributed by atoms with Gasteiger partial charge >= 0.3 is 0 Å². The topological polar surface area (TPSA) is 74.6 Å². The first kappa shape index (κ1) is 52.1. The van der Waals surface area contributed by atoms with Crippen molar-refractivity contribution < 1.29 is 19.8 Å². The van der Waals surface area contributed by atoms with Crippen LogP contribution in [0.3, 0.4) is 0 Å². The van der Waals surface area contributed by atoms with E-state index >= 15 is 0 Å². The van der Waals surface area contributed by atoms with Crippen molar-refractivity contribution >= 4 is 11.6 Å². The third-order valence-corrected chi connectivity index (χ3v) is 16.8. The molecule has 3 fully saturated rings. The number of Topliss-reactive ketones (excluding diaryl/α,β-unsaturated/α-hetero) is 1. The average Bonchev–Trinajstić information content (AvgIpc) is 3.56. The number of hydrogen-bond acceptors (Lipinski definition) is 4. The van der Waals surface area contributed by atoms with Gasteiger partial charge in [-0.2, -0.15) is 0 Å². The largest absolute Gasteiger partial charge is 0.393 e. The van der Waals surface area contributed by atoms with E-state index in [9.17, 15) is 19.8 Å². The van der Waals surface area contributed by atoms with Crippen molar-refractivity contribution in [3.05, 3.63) is 142 Å². The Morgan fingerprint density at radius 1 is 0.692 bits per heavy atom. The number of aliphatic hydroxyl groups excluding tert-OH is 2. The second-order valence-electron chi connectivity index (χ2n) is 23.0. The van der Waals surface area contributed by atoms with Crippen LogP contribution in [-0.2, 0) is 9.59 Å². The van der Waals surface area contributed by atoms with Crippen LogP contribution in [0.2, 0.25) is 0 Å². The fourth-order valence-corrected chi connectivity index (χ4v) is 13.4. The first-order valence-corrected chi connectivity index (χ1v) is 25.0. The Labute approximate surface area is 395 Å². The van der Waals surface area contributed by atoms with Gasteiger partial charge in [0.25, 0.3) is 0 Å². The third-order valence-electron chi connectivity index (χ3n) is 16.8. The molecule has 0 aromatic rings. The van der Waals surface area contributed by atoms with E-state index in [2.05, 4.69) is 168 Å². The van der Waals surface area contributed by atoms with Gasteiger partial charge in [-0.15, -0.1) is 0 Å². The van der Waals surface area contributed by atoms with Crippen molar-refractivity contribution in [1.29, 1.82) is 0 Å². The monoisotopic (exact) mass is 883 g/mol. The Hall–Kier alpha value is -3.86. The van der Waals surface area contributed by atoms with Crippen LogP contribution in [0.25, 0.3) is 0 Å². The van der Waals surface area contributed by atoms with Gasteiger partial charge in [0.15, 0.2) is 5.78 Å². The molecule has 65 heavy (non-hydrogen) atoms. The number of carbonyl (C=O) groups excluding carboxylic acids is 2. The summed E-state index contributed by atoms with van der Waals surface area (Å²) in [6.45, 7) is 28.3. The van der Waals surface area contributed by atoms with E-state index in [0.29, 0.717) is 23.4 Å². The standard InChI is InChI=1S/C40H56O2.C21H30O2/c1-29(17-13-19-31(3)21-23-37-33(5)25-35(41)27-39(37,7)8)15-11-12-16-30(2)18-14-20-32(4)22-24-38-34(6)26-36(42)28-40(38,9)10;1-13(22)17-6-7-18-16-5-4-14-12-15(23)8-10-20(14,2)19(16)9-11-21(17,18)3/h11-25,35-37,41-42H,26-28H2,1-10H3;12,16-19H,4-11H2,1-3H3. The molecular formula is C61H86O4. The Morgan fingerprint density at radius 3 is 1.89 bits per heavy atom. The zero-order valence-electron chi connectivity index (χ0n) is 42.8. The zero-order chi connectivity index (χ0) is 47.9. The van der Waals surface area contributed by atoms with Crippen molar-refractivity contribution in [1.82, 2.24) is 0 Å².